The molecule has 1 aromatic heterocycles. The molecule has 198 valence electrons. The number of nitrogens with one attached hydrogen (secondary N) is 2. The number of ether oxygens (including phenoxy) is 3. The van der Waals surface area contributed by atoms with Crippen molar-refractivity contribution in [1.82, 2.24) is 14.8 Å². The van der Waals surface area contributed by atoms with Crippen LogP contribution in [0.25, 0.3) is 10.9 Å². The second-order valence-corrected chi connectivity index (χ2v) is 9.78. The monoisotopic (exact) mass is 524 g/mol. The van der Waals surface area contributed by atoms with E-state index in [9.17, 15) is 4.79 Å². The lowest BCUT2D eigenvalue weighted by Crippen LogP contribution is -2.40. The van der Waals surface area contributed by atoms with Crippen LogP contribution in [0.4, 0.5) is 5.69 Å². The van der Waals surface area contributed by atoms with Gasteiger partial charge in [0.2, 0.25) is 0 Å². The summed E-state index contributed by atoms with van der Waals surface area (Å²) >= 11 is 5.86. The highest BCUT2D eigenvalue weighted by molar-refractivity contribution is 7.80. The number of hydrogen-bond donors (Lipinski definition) is 2. The molecular formula is C28H36N4O4S. The van der Waals surface area contributed by atoms with Crippen molar-refractivity contribution in [3.05, 3.63) is 63.4 Å². The van der Waals surface area contributed by atoms with Crippen LogP contribution < -0.4 is 20.3 Å². The van der Waals surface area contributed by atoms with E-state index in [2.05, 4.69) is 46.1 Å². The van der Waals surface area contributed by atoms with E-state index in [0.717, 1.165) is 62.5 Å². The average molecular weight is 525 g/mol. The molecule has 8 nitrogen and oxygen atoms in total. The van der Waals surface area contributed by atoms with Crippen LogP contribution in [0, 0.1) is 13.8 Å². The van der Waals surface area contributed by atoms with E-state index in [-0.39, 0.29) is 5.56 Å². The molecule has 0 spiro atoms. The van der Waals surface area contributed by atoms with Gasteiger partial charge in [0.1, 0.15) is 0 Å². The maximum atomic E-state index is 13.1. The second-order valence-electron chi connectivity index (χ2n) is 9.40. The van der Waals surface area contributed by atoms with Crippen molar-refractivity contribution >= 4 is 33.9 Å². The van der Waals surface area contributed by atoms with E-state index in [1.165, 1.54) is 5.56 Å². The van der Waals surface area contributed by atoms with E-state index in [1.54, 1.807) is 20.3 Å². The summed E-state index contributed by atoms with van der Waals surface area (Å²) in [5.74, 6) is 1.18. The van der Waals surface area contributed by atoms with Gasteiger partial charge in [-0.3, -0.25) is 9.69 Å². The fourth-order valence-electron chi connectivity index (χ4n) is 4.61. The second kappa shape index (κ2) is 12.4. The summed E-state index contributed by atoms with van der Waals surface area (Å²) in [5, 5.41) is 4.88. The van der Waals surface area contributed by atoms with Crippen molar-refractivity contribution in [1.29, 1.82) is 0 Å². The fourth-order valence-corrected chi connectivity index (χ4v) is 4.88. The minimum atomic E-state index is -0.146. The average Bonchev–Trinajstić information content (AvgIpc) is 2.89. The molecule has 1 saturated heterocycles. The molecule has 0 amide bonds. The van der Waals surface area contributed by atoms with Crippen LogP contribution in [0.15, 0.2) is 41.2 Å². The Hall–Kier alpha value is -3.14. The Balaban J connectivity index is 1.57. The standard InChI is InChI=1S/C28H36N4O4S/c1-19-6-7-23(20(2)14-19)30-28(37)32(9-5-8-31-10-12-36-13-11-31)18-22-15-21-16-25(34-3)26(35-4)17-24(21)29-27(22)33/h6-7,14-17H,5,8-13,18H2,1-4H3,(H,29,33)(H,30,37). The Morgan fingerprint density at radius 3 is 2.54 bits per heavy atom. The first-order chi connectivity index (χ1) is 17.9. The number of benzene rings is 2. The van der Waals surface area contributed by atoms with Gasteiger partial charge in [0.05, 0.1) is 39.5 Å². The lowest BCUT2D eigenvalue weighted by Gasteiger charge is -2.30. The summed E-state index contributed by atoms with van der Waals surface area (Å²) in [6.07, 6.45) is 0.922. The SMILES string of the molecule is COc1cc2cc(CN(CCCN3CCOCC3)C(=S)Nc3ccc(C)cc3C)c(=O)[nH]c2cc1OC. The molecule has 0 atom stereocenters. The Bertz CT molecular complexity index is 1300. The number of H-pyrrole nitrogens is 1. The Morgan fingerprint density at radius 2 is 1.84 bits per heavy atom. The summed E-state index contributed by atoms with van der Waals surface area (Å²) in [4.78, 5) is 20.6. The normalized spacial score (nSPS) is 13.9. The highest BCUT2D eigenvalue weighted by atomic mass is 32.1. The lowest BCUT2D eigenvalue weighted by molar-refractivity contribution is 0.0367. The Kier molecular flexibility index (Phi) is 9.02. The van der Waals surface area contributed by atoms with Crippen molar-refractivity contribution in [2.45, 2.75) is 26.8 Å². The first-order valence-electron chi connectivity index (χ1n) is 12.6. The van der Waals surface area contributed by atoms with Gasteiger partial charge in [-0.05, 0) is 56.2 Å². The summed E-state index contributed by atoms with van der Waals surface area (Å²) in [7, 11) is 3.18. The minimum Gasteiger partial charge on any atom is -0.493 e. The topological polar surface area (TPSA) is 79.1 Å². The molecule has 0 unspecified atom stereocenters. The highest BCUT2D eigenvalue weighted by Crippen LogP contribution is 2.31. The van der Waals surface area contributed by atoms with Gasteiger partial charge in [0.15, 0.2) is 16.6 Å². The highest BCUT2D eigenvalue weighted by Gasteiger charge is 2.17. The number of pyridine rings is 1. The molecule has 0 saturated carbocycles. The van der Waals surface area contributed by atoms with Crippen LogP contribution in [0.3, 0.4) is 0 Å². The summed E-state index contributed by atoms with van der Waals surface area (Å²) < 4.78 is 16.3. The minimum absolute atomic E-state index is 0.146. The molecule has 37 heavy (non-hydrogen) atoms. The number of aromatic nitrogens is 1. The summed E-state index contributed by atoms with van der Waals surface area (Å²) in [6.45, 7) is 9.64. The molecule has 0 radical (unpaired) electrons. The molecule has 9 heteroatoms. The molecule has 1 aliphatic heterocycles. The number of nitrogens with zero attached hydrogens (tertiary/aromatic N) is 2. The molecule has 1 fully saturated rings. The van der Waals surface area contributed by atoms with Gasteiger partial charge in [-0.1, -0.05) is 17.7 Å². The van der Waals surface area contributed by atoms with Crippen molar-refractivity contribution in [2.75, 3.05) is 58.9 Å². The summed E-state index contributed by atoms with van der Waals surface area (Å²) in [5.41, 5.74) is 4.48. The van der Waals surface area contributed by atoms with Gasteiger partial charge in [-0.25, -0.2) is 0 Å². The smallest absolute Gasteiger partial charge is 0.253 e. The third-order valence-corrected chi connectivity index (χ3v) is 7.06. The number of aryl methyl sites for hydroxylation is 2. The van der Waals surface area contributed by atoms with Crippen LogP contribution in [-0.4, -0.2) is 73.5 Å². The number of anilines is 1. The number of hydrogen-bond acceptors (Lipinski definition) is 6. The summed E-state index contributed by atoms with van der Waals surface area (Å²) in [6, 6.07) is 11.8. The van der Waals surface area contributed by atoms with Crippen molar-refractivity contribution in [2.24, 2.45) is 0 Å². The van der Waals surface area contributed by atoms with Crippen molar-refractivity contribution in [3.63, 3.8) is 0 Å². The lowest BCUT2D eigenvalue weighted by atomic mass is 10.1. The number of rotatable bonds is 9. The maximum Gasteiger partial charge on any atom is 0.253 e. The number of thiocarbonyl (C=S) groups is 1. The largest absolute Gasteiger partial charge is 0.493 e. The van der Waals surface area contributed by atoms with E-state index < -0.39 is 0 Å². The van der Waals surface area contributed by atoms with E-state index in [4.69, 9.17) is 26.4 Å². The van der Waals surface area contributed by atoms with Crippen LogP contribution in [0.1, 0.15) is 23.1 Å². The molecule has 2 N–H and O–H groups in total. The van der Waals surface area contributed by atoms with Gasteiger partial charge in [-0.2, -0.15) is 0 Å². The molecular weight excluding hydrogens is 488 g/mol. The number of methoxy groups -OCH3 is 2. The first-order valence-corrected chi connectivity index (χ1v) is 13.0. The number of morpholine rings is 1. The zero-order valence-corrected chi connectivity index (χ0v) is 22.9. The van der Waals surface area contributed by atoms with E-state index in [1.807, 2.05) is 18.2 Å². The number of aromatic amines is 1. The molecule has 1 aliphatic rings. The fraction of sp³-hybridized carbons (Fsp3) is 0.429. The third kappa shape index (κ3) is 6.80. The third-order valence-electron chi connectivity index (χ3n) is 6.70. The first kappa shape index (κ1) is 26.9. The zero-order valence-electron chi connectivity index (χ0n) is 22.1. The quantitative estimate of drug-likeness (QED) is 0.406. The molecule has 3 aromatic rings. The Morgan fingerprint density at radius 1 is 1.11 bits per heavy atom. The van der Waals surface area contributed by atoms with Gasteiger partial charge < -0.3 is 29.4 Å². The molecule has 2 heterocycles. The van der Waals surface area contributed by atoms with Gasteiger partial charge in [0, 0.05) is 48.9 Å². The van der Waals surface area contributed by atoms with Crippen molar-refractivity contribution in [3.8, 4) is 11.5 Å². The molecule has 0 bridgehead atoms. The Labute approximate surface area is 223 Å². The maximum absolute atomic E-state index is 13.1. The number of fused-ring (bicyclic) bond motifs is 1. The predicted octanol–water partition coefficient (Wildman–Crippen LogP) is 4.08. The predicted molar refractivity (Wildman–Crippen MR) is 152 cm³/mol. The van der Waals surface area contributed by atoms with Crippen LogP contribution >= 0.6 is 12.2 Å². The van der Waals surface area contributed by atoms with E-state index in [0.29, 0.717) is 34.2 Å². The van der Waals surface area contributed by atoms with Crippen LogP contribution in [-0.2, 0) is 11.3 Å². The molecule has 0 aliphatic carbocycles. The molecule has 2 aromatic carbocycles. The van der Waals surface area contributed by atoms with Crippen LogP contribution in [0.2, 0.25) is 0 Å². The van der Waals surface area contributed by atoms with Crippen molar-refractivity contribution < 1.29 is 14.2 Å². The van der Waals surface area contributed by atoms with Gasteiger partial charge in [-0.15, -0.1) is 0 Å². The van der Waals surface area contributed by atoms with Gasteiger partial charge in [0.25, 0.3) is 5.56 Å². The molecule has 4 rings (SSSR count). The van der Waals surface area contributed by atoms with Gasteiger partial charge >= 0.3 is 0 Å². The van der Waals surface area contributed by atoms with E-state index >= 15 is 0 Å². The zero-order chi connectivity index (χ0) is 26.4. The van der Waals surface area contributed by atoms with Crippen LogP contribution in [0.5, 0.6) is 11.5 Å².